The van der Waals surface area contributed by atoms with Gasteiger partial charge in [0, 0.05) is 0 Å². The van der Waals surface area contributed by atoms with E-state index in [4.69, 9.17) is 4.74 Å². The first kappa shape index (κ1) is 15.4. The Morgan fingerprint density at radius 3 is 2.65 bits per heavy atom. The van der Waals surface area contributed by atoms with Crippen molar-refractivity contribution in [1.82, 2.24) is 5.32 Å². The predicted octanol–water partition coefficient (Wildman–Crippen LogP) is 4.11. The number of nitrogens with one attached hydrogen (secondary N) is 1. The minimum absolute atomic E-state index is 0.494. The van der Waals surface area contributed by atoms with Crippen molar-refractivity contribution in [3.8, 4) is 5.75 Å². The maximum absolute atomic E-state index is 5.96. The molecular formula is C18H29NO. The van der Waals surface area contributed by atoms with Gasteiger partial charge in [-0.25, -0.2) is 0 Å². The third-order valence-corrected chi connectivity index (χ3v) is 3.85. The summed E-state index contributed by atoms with van der Waals surface area (Å²) in [6, 6.07) is 6.75. The Kier molecular flexibility index (Phi) is 6.38. The third-order valence-electron chi connectivity index (χ3n) is 3.85. The molecule has 1 aromatic carbocycles. The molecule has 1 saturated carbocycles. The Balaban J connectivity index is 1.76. The van der Waals surface area contributed by atoms with Crippen LogP contribution in [0, 0.1) is 0 Å². The third kappa shape index (κ3) is 5.16. The minimum atomic E-state index is 0.494. The maximum atomic E-state index is 5.96. The summed E-state index contributed by atoms with van der Waals surface area (Å²) in [5.74, 6) is 1.11. The zero-order valence-electron chi connectivity index (χ0n) is 13.1. The summed E-state index contributed by atoms with van der Waals surface area (Å²) >= 11 is 0. The molecule has 0 heterocycles. The molecule has 2 nitrogen and oxygen atoms in total. The number of hydrogen-bond acceptors (Lipinski definition) is 2. The van der Waals surface area contributed by atoms with Crippen LogP contribution < -0.4 is 10.1 Å². The van der Waals surface area contributed by atoms with E-state index in [9.17, 15) is 0 Å². The number of rotatable bonds is 10. The van der Waals surface area contributed by atoms with Crippen LogP contribution in [0.15, 0.2) is 18.2 Å². The average Bonchev–Trinajstić information content (AvgIpc) is 3.28. The summed E-state index contributed by atoms with van der Waals surface area (Å²) in [7, 11) is 0. The fourth-order valence-electron chi connectivity index (χ4n) is 2.39. The molecule has 0 radical (unpaired) electrons. The molecule has 0 amide bonds. The first-order valence-corrected chi connectivity index (χ1v) is 8.32. The maximum Gasteiger partial charge on any atom is 0.122 e. The fraction of sp³-hybridized carbons (Fsp3) is 0.667. The fourth-order valence-corrected chi connectivity index (χ4v) is 2.39. The van der Waals surface area contributed by atoms with Crippen molar-refractivity contribution in [2.75, 3.05) is 13.1 Å². The Morgan fingerprint density at radius 2 is 1.95 bits per heavy atom. The quantitative estimate of drug-likeness (QED) is 0.649. The second kappa shape index (κ2) is 8.31. The Bertz CT molecular complexity index is 398. The lowest BCUT2D eigenvalue weighted by atomic mass is 10.0. The van der Waals surface area contributed by atoms with E-state index in [2.05, 4.69) is 37.4 Å². The van der Waals surface area contributed by atoms with Crippen LogP contribution in [0.4, 0.5) is 0 Å². The van der Waals surface area contributed by atoms with Gasteiger partial charge in [0.15, 0.2) is 0 Å². The summed E-state index contributed by atoms with van der Waals surface area (Å²) in [4.78, 5) is 0. The van der Waals surface area contributed by atoms with E-state index in [0.717, 1.165) is 31.7 Å². The Morgan fingerprint density at radius 1 is 1.15 bits per heavy atom. The highest BCUT2D eigenvalue weighted by Gasteiger charge is 2.24. The van der Waals surface area contributed by atoms with Gasteiger partial charge in [0.2, 0.25) is 0 Å². The van der Waals surface area contributed by atoms with Gasteiger partial charge in [0.25, 0.3) is 0 Å². The normalized spacial score (nSPS) is 14.5. The second-order valence-electron chi connectivity index (χ2n) is 5.82. The van der Waals surface area contributed by atoms with E-state index in [-0.39, 0.29) is 0 Å². The van der Waals surface area contributed by atoms with Crippen LogP contribution in [-0.2, 0) is 12.8 Å². The van der Waals surface area contributed by atoms with E-state index < -0.39 is 0 Å². The van der Waals surface area contributed by atoms with Gasteiger partial charge in [-0.15, -0.1) is 0 Å². The minimum Gasteiger partial charge on any atom is -0.490 e. The highest BCUT2D eigenvalue weighted by molar-refractivity contribution is 5.37. The summed E-state index contributed by atoms with van der Waals surface area (Å²) in [5.41, 5.74) is 2.82. The monoisotopic (exact) mass is 275 g/mol. The molecule has 1 aliphatic carbocycles. The highest BCUT2D eigenvalue weighted by atomic mass is 16.5. The molecule has 0 saturated heterocycles. The van der Waals surface area contributed by atoms with Gasteiger partial charge in [-0.3, -0.25) is 0 Å². The molecule has 1 N–H and O–H groups in total. The molecule has 20 heavy (non-hydrogen) atoms. The molecular weight excluding hydrogens is 246 g/mol. The zero-order chi connectivity index (χ0) is 14.2. The van der Waals surface area contributed by atoms with Crippen molar-refractivity contribution in [3.05, 3.63) is 29.3 Å². The lowest BCUT2D eigenvalue weighted by molar-refractivity contribution is 0.300. The Labute approximate surface area is 123 Å². The molecule has 1 aliphatic rings. The number of unbranched alkanes of at least 4 members (excludes halogenated alkanes) is 1. The molecule has 0 unspecified atom stereocenters. The van der Waals surface area contributed by atoms with Gasteiger partial charge < -0.3 is 10.1 Å². The smallest absolute Gasteiger partial charge is 0.122 e. The van der Waals surface area contributed by atoms with E-state index in [1.165, 1.54) is 43.2 Å². The lowest BCUT2D eigenvalue weighted by Crippen LogP contribution is -2.16. The predicted molar refractivity (Wildman–Crippen MR) is 85.6 cm³/mol. The van der Waals surface area contributed by atoms with Gasteiger partial charge in [0.05, 0.1) is 6.10 Å². The molecule has 0 aliphatic heterocycles. The van der Waals surface area contributed by atoms with Crippen molar-refractivity contribution in [3.63, 3.8) is 0 Å². The zero-order valence-corrected chi connectivity index (χ0v) is 13.1. The molecule has 2 rings (SSSR count). The molecule has 1 aromatic rings. The standard InChI is InChI=1S/C18H29NO/c1-3-5-12-19-13-6-7-15-8-11-18(16(4-2)14-15)20-17-9-10-17/h8,11,14,17,19H,3-7,9-10,12-13H2,1-2H3. The molecule has 0 bridgehead atoms. The van der Waals surface area contributed by atoms with Crippen molar-refractivity contribution in [1.29, 1.82) is 0 Å². The number of hydrogen-bond donors (Lipinski definition) is 1. The summed E-state index contributed by atoms with van der Waals surface area (Å²) in [6.45, 7) is 6.73. The summed E-state index contributed by atoms with van der Waals surface area (Å²) < 4.78 is 5.96. The number of aryl methyl sites for hydroxylation is 2. The first-order valence-electron chi connectivity index (χ1n) is 8.32. The van der Waals surface area contributed by atoms with Crippen molar-refractivity contribution >= 4 is 0 Å². The van der Waals surface area contributed by atoms with Crippen molar-refractivity contribution < 1.29 is 4.74 Å². The molecule has 0 spiro atoms. The van der Waals surface area contributed by atoms with Crippen molar-refractivity contribution in [2.45, 2.75) is 64.9 Å². The van der Waals surface area contributed by atoms with Gasteiger partial charge in [-0.05, 0) is 68.8 Å². The summed E-state index contributed by atoms with van der Waals surface area (Å²) in [5, 5.41) is 3.51. The SMILES string of the molecule is CCCCNCCCc1ccc(OC2CC2)c(CC)c1. The molecule has 112 valence electrons. The number of ether oxygens (including phenoxy) is 1. The largest absolute Gasteiger partial charge is 0.490 e. The van der Waals surface area contributed by atoms with Gasteiger partial charge >= 0.3 is 0 Å². The topological polar surface area (TPSA) is 21.3 Å². The van der Waals surface area contributed by atoms with Crippen molar-refractivity contribution in [2.24, 2.45) is 0 Å². The van der Waals surface area contributed by atoms with Gasteiger partial charge in [-0.2, -0.15) is 0 Å². The van der Waals surface area contributed by atoms with E-state index in [0.29, 0.717) is 6.10 Å². The van der Waals surface area contributed by atoms with E-state index >= 15 is 0 Å². The highest BCUT2D eigenvalue weighted by Crippen LogP contribution is 2.30. The average molecular weight is 275 g/mol. The Hall–Kier alpha value is -1.02. The molecule has 1 fully saturated rings. The summed E-state index contributed by atoms with van der Waals surface area (Å²) in [6.07, 6.45) is 8.95. The van der Waals surface area contributed by atoms with Crippen LogP contribution in [0.2, 0.25) is 0 Å². The van der Waals surface area contributed by atoms with Crippen LogP contribution in [0.3, 0.4) is 0 Å². The van der Waals surface area contributed by atoms with Crippen LogP contribution in [0.25, 0.3) is 0 Å². The van der Waals surface area contributed by atoms with Crippen LogP contribution in [-0.4, -0.2) is 19.2 Å². The van der Waals surface area contributed by atoms with E-state index in [1.807, 2.05) is 0 Å². The van der Waals surface area contributed by atoms with Gasteiger partial charge in [0.1, 0.15) is 5.75 Å². The molecule has 2 heteroatoms. The first-order chi connectivity index (χ1) is 9.83. The number of benzene rings is 1. The van der Waals surface area contributed by atoms with Crippen LogP contribution >= 0.6 is 0 Å². The van der Waals surface area contributed by atoms with Crippen LogP contribution in [0.1, 0.15) is 57.1 Å². The lowest BCUT2D eigenvalue weighted by Gasteiger charge is -2.12. The molecule has 0 aromatic heterocycles. The van der Waals surface area contributed by atoms with Crippen LogP contribution in [0.5, 0.6) is 5.75 Å². The molecule has 0 atom stereocenters. The van der Waals surface area contributed by atoms with E-state index in [1.54, 1.807) is 0 Å². The van der Waals surface area contributed by atoms with Gasteiger partial charge in [-0.1, -0.05) is 32.4 Å². The second-order valence-corrected chi connectivity index (χ2v) is 5.82.